The second kappa shape index (κ2) is 5.41. The molecule has 80 valence electrons. The van der Waals surface area contributed by atoms with Gasteiger partial charge >= 0.3 is 0 Å². The molecule has 0 aliphatic heterocycles. The van der Waals surface area contributed by atoms with E-state index in [4.69, 9.17) is 22.6 Å². The normalized spacial score (nSPS) is 14.3. The molecular weight excluding hydrogens is 228 g/mol. The highest BCUT2D eigenvalue weighted by Crippen LogP contribution is 2.27. The van der Waals surface area contributed by atoms with E-state index in [0.29, 0.717) is 6.42 Å². The number of halogens is 1. The highest BCUT2D eigenvalue weighted by atomic mass is 35.5. The van der Waals surface area contributed by atoms with Crippen LogP contribution in [0.25, 0.3) is 0 Å². The van der Waals surface area contributed by atoms with Crippen LogP contribution >= 0.6 is 23.4 Å². The quantitative estimate of drug-likeness (QED) is 0.823. The van der Waals surface area contributed by atoms with Gasteiger partial charge in [0.25, 0.3) is 0 Å². The SMILES string of the molecule is CC(N)(C#N)CCSc1ccccc1Cl. The molecule has 2 nitrogen and oxygen atoms in total. The zero-order valence-electron chi connectivity index (χ0n) is 8.53. The summed E-state index contributed by atoms with van der Waals surface area (Å²) >= 11 is 7.62. The Kier molecular flexibility index (Phi) is 4.46. The van der Waals surface area contributed by atoms with E-state index in [2.05, 4.69) is 6.07 Å². The standard InChI is InChI=1S/C11H13ClN2S/c1-11(14,8-13)6-7-15-10-5-3-2-4-9(10)12/h2-5H,6-7,14H2,1H3. The van der Waals surface area contributed by atoms with Crippen molar-refractivity contribution in [3.8, 4) is 6.07 Å². The lowest BCUT2D eigenvalue weighted by molar-refractivity contribution is 0.583. The first-order chi connectivity index (χ1) is 7.05. The highest BCUT2D eigenvalue weighted by molar-refractivity contribution is 7.99. The second-order valence-electron chi connectivity index (χ2n) is 3.56. The van der Waals surface area contributed by atoms with Crippen LogP contribution in [0.2, 0.25) is 5.02 Å². The molecule has 0 aromatic heterocycles. The van der Waals surface area contributed by atoms with Crippen LogP contribution in [-0.4, -0.2) is 11.3 Å². The summed E-state index contributed by atoms with van der Waals surface area (Å²) in [5.74, 6) is 0.796. The maximum Gasteiger partial charge on any atom is 0.102 e. The third-order valence-electron chi connectivity index (χ3n) is 1.97. The zero-order valence-corrected chi connectivity index (χ0v) is 10.1. The lowest BCUT2D eigenvalue weighted by Gasteiger charge is -2.14. The first-order valence-electron chi connectivity index (χ1n) is 4.62. The van der Waals surface area contributed by atoms with Gasteiger partial charge in [0.05, 0.1) is 11.1 Å². The Balaban J connectivity index is 2.46. The fourth-order valence-electron chi connectivity index (χ4n) is 0.991. The van der Waals surface area contributed by atoms with Crippen molar-refractivity contribution in [3.05, 3.63) is 29.3 Å². The van der Waals surface area contributed by atoms with Gasteiger partial charge in [0.15, 0.2) is 0 Å². The third kappa shape index (κ3) is 4.13. The number of benzene rings is 1. The Morgan fingerprint density at radius 2 is 2.20 bits per heavy atom. The minimum Gasteiger partial charge on any atom is -0.314 e. The number of nitrogens with two attached hydrogens (primary N) is 1. The lowest BCUT2D eigenvalue weighted by atomic mass is 10.0. The summed E-state index contributed by atoms with van der Waals surface area (Å²) in [7, 11) is 0. The molecule has 0 aliphatic carbocycles. The molecule has 0 aliphatic rings. The van der Waals surface area contributed by atoms with Crippen LogP contribution in [0.4, 0.5) is 0 Å². The molecule has 1 unspecified atom stereocenters. The molecule has 1 aromatic carbocycles. The van der Waals surface area contributed by atoms with Crippen molar-refractivity contribution in [2.45, 2.75) is 23.8 Å². The van der Waals surface area contributed by atoms with Crippen LogP contribution in [-0.2, 0) is 0 Å². The van der Waals surface area contributed by atoms with Gasteiger partial charge in [-0.15, -0.1) is 11.8 Å². The predicted octanol–water partition coefficient (Wildman–Crippen LogP) is 3.06. The number of nitrogens with zero attached hydrogens (tertiary/aromatic N) is 1. The molecule has 0 heterocycles. The maximum atomic E-state index is 8.74. The van der Waals surface area contributed by atoms with Crippen LogP contribution in [0.3, 0.4) is 0 Å². The van der Waals surface area contributed by atoms with Gasteiger partial charge in [0.2, 0.25) is 0 Å². The second-order valence-corrected chi connectivity index (χ2v) is 5.10. The van der Waals surface area contributed by atoms with Gasteiger partial charge in [-0.2, -0.15) is 5.26 Å². The maximum absolute atomic E-state index is 8.74. The molecule has 0 spiro atoms. The summed E-state index contributed by atoms with van der Waals surface area (Å²) in [5.41, 5.74) is 4.97. The van der Waals surface area contributed by atoms with E-state index in [9.17, 15) is 0 Å². The van der Waals surface area contributed by atoms with Crippen LogP contribution in [0, 0.1) is 11.3 Å². The molecule has 0 fully saturated rings. The van der Waals surface area contributed by atoms with Crippen molar-refractivity contribution in [1.82, 2.24) is 0 Å². The van der Waals surface area contributed by atoms with E-state index in [1.54, 1.807) is 18.7 Å². The molecule has 0 saturated heterocycles. The van der Waals surface area contributed by atoms with Gasteiger partial charge < -0.3 is 5.73 Å². The van der Waals surface area contributed by atoms with Crippen molar-refractivity contribution >= 4 is 23.4 Å². The lowest BCUT2D eigenvalue weighted by Crippen LogP contribution is -2.34. The molecule has 1 rings (SSSR count). The summed E-state index contributed by atoms with van der Waals surface area (Å²) in [6, 6.07) is 9.74. The molecule has 2 N–H and O–H groups in total. The van der Waals surface area contributed by atoms with Crippen molar-refractivity contribution in [2.75, 3.05) is 5.75 Å². The number of rotatable bonds is 4. The molecule has 0 amide bonds. The zero-order chi connectivity index (χ0) is 11.3. The molecule has 1 atom stereocenters. The van der Waals surface area contributed by atoms with Crippen molar-refractivity contribution in [3.63, 3.8) is 0 Å². The van der Waals surface area contributed by atoms with Gasteiger partial charge in [0.1, 0.15) is 5.54 Å². The molecule has 0 saturated carbocycles. The summed E-state index contributed by atoms with van der Waals surface area (Å²) in [6.45, 7) is 1.74. The van der Waals surface area contributed by atoms with E-state index < -0.39 is 5.54 Å². The van der Waals surface area contributed by atoms with Crippen LogP contribution in [0.15, 0.2) is 29.2 Å². The molecule has 15 heavy (non-hydrogen) atoms. The number of hydrogen-bond acceptors (Lipinski definition) is 3. The molecule has 4 heteroatoms. The van der Waals surface area contributed by atoms with Gasteiger partial charge in [0, 0.05) is 10.6 Å². The summed E-state index contributed by atoms with van der Waals surface area (Å²) in [6.07, 6.45) is 0.652. The van der Waals surface area contributed by atoms with Crippen LogP contribution in [0.5, 0.6) is 0 Å². The Bertz CT molecular complexity index is 371. The monoisotopic (exact) mass is 240 g/mol. The average molecular weight is 241 g/mol. The molecule has 0 radical (unpaired) electrons. The minimum atomic E-state index is -0.742. The molecular formula is C11H13ClN2S. The van der Waals surface area contributed by atoms with E-state index in [1.807, 2.05) is 24.3 Å². The molecule has 0 bridgehead atoms. The van der Waals surface area contributed by atoms with Gasteiger partial charge in [-0.3, -0.25) is 0 Å². The number of thioether (sulfide) groups is 1. The Morgan fingerprint density at radius 3 is 2.80 bits per heavy atom. The average Bonchev–Trinajstić information content (AvgIpc) is 2.21. The van der Waals surface area contributed by atoms with Crippen molar-refractivity contribution in [1.29, 1.82) is 5.26 Å². The molecule has 1 aromatic rings. The van der Waals surface area contributed by atoms with Crippen molar-refractivity contribution in [2.24, 2.45) is 5.73 Å². The fourth-order valence-corrected chi connectivity index (χ4v) is 2.42. The van der Waals surface area contributed by atoms with Gasteiger partial charge in [-0.1, -0.05) is 23.7 Å². The fraction of sp³-hybridized carbons (Fsp3) is 0.364. The Labute approximate surface area is 99.4 Å². The first-order valence-corrected chi connectivity index (χ1v) is 5.99. The summed E-state index contributed by atoms with van der Waals surface area (Å²) in [4.78, 5) is 1.04. The van der Waals surface area contributed by atoms with Crippen LogP contribution in [0.1, 0.15) is 13.3 Å². The highest BCUT2D eigenvalue weighted by Gasteiger charge is 2.16. The van der Waals surface area contributed by atoms with E-state index in [0.717, 1.165) is 15.7 Å². The van der Waals surface area contributed by atoms with Gasteiger partial charge in [-0.25, -0.2) is 0 Å². The predicted molar refractivity (Wildman–Crippen MR) is 65.0 cm³/mol. The number of nitriles is 1. The number of hydrogen-bond donors (Lipinski definition) is 1. The topological polar surface area (TPSA) is 49.8 Å². The first kappa shape index (κ1) is 12.4. The summed E-state index contributed by atoms with van der Waals surface area (Å²) in [5, 5.41) is 9.48. The Morgan fingerprint density at radius 1 is 1.53 bits per heavy atom. The summed E-state index contributed by atoms with van der Waals surface area (Å²) < 4.78 is 0. The van der Waals surface area contributed by atoms with E-state index in [1.165, 1.54) is 0 Å². The largest absolute Gasteiger partial charge is 0.314 e. The smallest absolute Gasteiger partial charge is 0.102 e. The minimum absolute atomic E-state index is 0.652. The van der Waals surface area contributed by atoms with Crippen LogP contribution < -0.4 is 5.73 Å². The van der Waals surface area contributed by atoms with E-state index >= 15 is 0 Å². The Hall–Kier alpha value is -0.690. The van der Waals surface area contributed by atoms with Gasteiger partial charge in [-0.05, 0) is 25.5 Å². The van der Waals surface area contributed by atoms with E-state index in [-0.39, 0.29) is 0 Å². The van der Waals surface area contributed by atoms with Crippen molar-refractivity contribution < 1.29 is 0 Å². The third-order valence-corrected chi connectivity index (χ3v) is 3.49.